The Balaban J connectivity index is 1.88. The molecule has 0 aliphatic carbocycles. The molecule has 2 heterocycles. The summed E-state index contributed by atoms with van der Waals surface area (Å²) in [6, 6.07) is 7.80. The highest BCUT2D eigenvalue weighted by atomic mass is 16.2. The van der Waals surface area contributed by atoms with Gasteiger partial charge in [0.2, 0.25) is 5.91 Å². The van der Waals surface area contributed by atoms with E-state index in [1.54, 1.807) is 0 Å². The zero-order valence-electron chi connectivity index (χ0n) is 9.47. The number of rotatable bonds is 2. The highest BCUT2D eigenvalue weighted by molar-refractivity contribution is 6.03. The van der Waals surface area contributed by atoms with Crippen LogP contribution in [0.5, 0.6) is 0 Å². The van der Waals surface area contributed by atoms with Crippen LogP contribution in [0.2, 0.25) is 0 Å². The maximum Gasteiger partial charge on any atom is 0.248 e. The van der Waals surface area contributed by atoms with Crippen molar-refractivity contribution in [3.05, 3.63) is 30.1 Å². The first-order chi connectivity index (χ1) is 8.22. The Hall–Kier alpha value is -2.17. The van der Waals surface area contributed by atoms with E-state index < -0.39 is 0 Å². The average molecular weight is 228 g/mol. The molecule has 0 unspecified atom stereocenters. The number of H-pyrrole nitrogens is 1. The van der Waals surface area contributed by atoms with Crippen molar-refractivity contribution >= 4 is 22.7 Å². The summed E-state index contributed by atoms with van der Waals surface area (Å²) in [7, 11) is 0. The number of fused-ring (bicyclic) bond motifs is 1. The Bertz CT molecular complexity index is 581. The van der Waals surface area contributed by atoms with Crippen molar-refractivity contribution in [2.24, 2.45) is 5.10 Å². The molecule has 2 aromatic rings. The summed E-state index contributed by atoms with van der Waals surface area (Å²) < 4.78 is 0. The molecular weight excluding hydrogens is 216 g/mol. The molecule has 0 atom stereocenters. The SMILES string of the molecule is CC1=NN(Cc2nc3ccccc3[nH]2)C(=O)C1. The van der Waals surface area contributed by atoms with Crippen molar-refractivity contribution in [2.45, 2.75) is 19.9 Å². The van der Waals surface area contributed by atoms with E-state index in [4.69, 9.17) is 0 Å². The fraction of sp³-hybridized carbons (Fsp3) is 0.250. The van der Waals surface area contributed by atoms with Crippen LogP contribution >= 0.6 is 0 Å². The van der Waals surface area contributed by atoms with Gasteiger partial charge in [0.25, 0.3) is 0 Å². The van der Waals surface area contributed by atoms with Gasteiger partial charge in [0, 0.05) is 5.71 Å². The van der Waals surface area contributed by atoms with Gasteiger partial charge in [-0.25, -0.2) is 9.99 Å². The summed E-state index contributed by atoms with van der Waals surface area (Å²) in [6.07, 6.45) is 0.417. The standard InChI is InChI=1S/C12H12N4O/c1-8-6-12(17)16(15-8)7-11-13-9-4-2-3-5-10(9)14-11/h2-5H,6-7H2,1H3,(H,13,14). The Morgan fingerprint density at radius 2 is 2.24 bits per heavy atom. The van der Waals surface area contributed by atoms with E-state index in [9.17, 15) is 4.79 Å². The van der Waals surface area contributed by atoms with Crippen molar-refractivity contribution < 1.29 is 4.79 Å². The van der Waals surface area contributed by atoms with Gasteiger partial charge in [0.05, 0.1) is 17.5 Å². The Morgan fingerprint density at radius 3 is 2.94 bits per heavy atom. The summed E-state index contributed by atoms with van der Waals surface area (Å²) in [4.78, 5) is 19.2. The number of imidazole rings is 1. The van der Waals surface area contributed by atoms with Crippen molar-refractivity contribution in [1.82, 2.24) is 15.0 Å². The van der Waals surface area contributed by atoms with Crippen LogP contribution in [0.3, 0.4) is 0 Å². The van der Waals surface area contributed by atoms with Gasteiger partial charge in [-0.3, -0.25) is 4.79 Å². The normalized spacial score (nSPS) is 15.7. The molecule has 0 radical (unpaired) electrons. The summed E-state index contributed by atoms with van der Waals surface area (Å²) in [5.41, 5.74) is 2.75. The second-order valence-corrected chi connectivity index (χ2v) is 4.16. The summed E-state index contributed by atoms with van der Waals surface area (Å²) in [5, 5.41) is 5.64. The number of carbonyl (C=O) groups excluding carboxylic acids is 1. The van der Waals surface area contributed by atoms with Crippen LogP contribution in [-0.4, -0.2) is 26.6 Å². The molecule has 17 heavy (non-hydrogen) atoms. The molecule has 0 saturated heterocycles. The Kier molecular flexibility index (Phi) is 2.18. The molecule has 1 aromatic carbocycles. The van der Waals surface area contributed by atoms with E-state index in [1.807, 2.05) is 31.2 Å². The number of hydrazone groups is 1. The van der Waals surface area contributed by atoms with Gasteiger partial charge >= 0.3 is 0 Å². The van der Waals surface area contributed by atoms with Crippen LogP contribution in [0.1, 0.15) is 19.2 Å². The zero-order valence-corrected chi connectivity index (χ0v) is 9.47. The van der Waals surface area contributed by atoms with E-state index >= 15 is 0 Å². The number of hydrogen-bond donors (Lipinski definition) is 1. The third-order valence-corrected chi connectivity index (χ3v) is 2.72. The third kappa shape index (κ3) is 1.80. The lowest BCUT2D eigenvalue weighted by atomic mass is 10.3. The van der Waals surface area contributed by atoms with Crippen molar-refractivity contribution in [2.75, 3.05) is 0 Å². The average Bonchev–Trinajstić information content (AvgIpc) is 2.82. The molecular formula is C12H12N4O. The number of aromatic nitrogens is 2. The first-order valence-electron chi connectivity index (χ1n) is 5.50. The lowest BCUT2D eigenvalue weighted by Crippen LogP contribution is -2.20. The molecule has 0 fully saturated rings. The Morgan fingerprint density at radius 1 is 1.41 bits per heavy atom. The van der Waals surface area contributed by atoms with E-state index in [0.717, 1.165) is 22.6 Å². The monoisotopic (exact) mass is 228 g/mol. The molecule has 1 aliphatic rings. The number of hydrogen-bond acceptors (Lipinski definition) is 3. The molecule has 86 valence electrons. The quantitative estimate of drug-likeness (QED) is 0.849. The smallest absolute Gasteiger partial charge is 0.248 e. The molecule has 5 heteroatoms. The van der Waals surface area contributed by atoms with Gasteiger partial charge in [-0.05, 0) is 19.1 Å². The number of nitrogens with zero attached hydrogens (tertiary/aromatic N) is 3. The number of benzene rings is 1. The highest BCUT2D eigenvalue weighted by Crippen LogP contribution is 2.15. The maximum absolute atomic E-state index is 11.6. The Labute approximate surface area is 98.1 Å². The number of para-hydroxylation sites is 2. The minimum atomic E-state index is 0.0305. The van der Waals surface area contributed by atoms with E-state index in [-0.39, 0.29) is 5.91 Å². The van der Waals surface area contributed by atoms with Crippen molar-refractivity contribution in [1.29, 1.82) is 0 Å². The lowest BCUT2D eigenvalue weighted by Gasteiger charge is -2.08. The number of carbonyl (C=O) groups is 1. The lowest BCUT2D eigenvalue weighted by molar-refractivity contribution is -0.129. The molecule has 3 rings (SSSR count). The largest absolute Gasteiger partial charge is 0.340 e. The van der Waals surface area contributed by atoms with Crippen LogP contribution in [-0.2, 0) is 11.3 Å². The molecule has 0 bridgehead atoms. The van der Waals surface area contributed by atoms with Crippen molar-refractivity contribution in [3.63, 3.8) is 0 Å². The minimum absolute atomic E-state index is 0.0305. The minimum Gasteiger partial charge on any atom is -0.340 e. The molecule has 1 aromatic heterocycles. The van der Waals surface area contributed by atoms with Crippen LogP contribution in [0.4, 0.5) is 0 Å². The topological polar surface area (TPSA) is 61.4 Å². The highest BCUT2D eigenvalue weighted by Gasteiger charge is 2.22. The summed E-state index contributed by atoms with van der Waals surface area (Å²) >= 11 is 0. The number of amides is 1. The predicted octanol–water partition coefficient (Wildman–Crippen LogP) is 1.67. The summed E-state index contributed by atoms with van der Waals surface area (Å²) in [6.45, 7) is 2.27. The van der Waals surface area contributed by atoms with Crippen LogP contribution < -0.4 is 0 Å². The molecule has 1 aliphatic heterocycles. The molecule has 5 nitrogen and oxygen atoms in total. The van der Waals surface area contributed by atoms with Crippen LogP contribution in [0, 0.1) is 0 Å². The van der Waals surface area contributed by atoms with E-state index in [2.05, 4.69) is 15.1 Å². The number of nitrogens with one attached hydrogen (secondary N) is 1. The molecule has 0 spiro atoms. The molecule has 1 amide bonds. The summed E-state index contributed by atoms with van der Waals surface area (Å²) in [5.74, 6) is 0.793. The first-order valence-corrected chi connectivity index (χ1v) is 5.50. The van der Waals surface area contributed by atoms with E-state index in [0.29, 0.717) is 13.0 Å². The zero-order chi connectivity index (χ0) is 11.8. The third-order valence-electron chi connectivity index (χ3n) is 2.72. The predicted molar refractivity (Wildman–Crippen MR) is 64.4 cm³/mol. The second kappa shape index (κ2) is 3.69. The first kappa shape index (κ1) is 10.0. The molecule has 0 saturated carbocycles. The van der Waals surface area contributed by atoms with Gasteiger partial charge in [-0.2, -0.15) is 5.10 Å². The van der Waals surface area contributed by atoms with Gasteiger partial charge in [-0.15, -0.1) is 0 Å². The fourth-order valence-electron chi connectivity index (χ4n) is 1.95. The molecule has 1 N–H and O–H groups in total. The maximum atomic E-state index is 11.6. The number of aromatic amines is 1. The van der Waals surface area contributed by atoms with Crippen molar-refractivity contribution in [3.8, 4) is 0 Å². The van der Waals surface area contributed by atoms with Gasteiger partial charge in [-0.1, -0.05) is 12.1 Å². The van der Waals surface area contributed by atoms with E-state index in [1.165, 1.54) is 5.01 Å². The fourth-order valence-corrected chi connectivity index (χ4v) is 1.95. The van der Waals surface area contributed by atoms with Crippen LogP contribution in [0.15, 0.2) is 29.4 Å². The van der Waals surface area contributed by atoms with Gasteiger partial charge < -0.3 is 4.98 Å². The van der Waals surface area contributed by atoms with Gasteiger partial charge in [0.1, 0.15) is 12.4 Å². The van der Waals surface area contributed by atoms with Crippen LogP contribution in [0.25, 0.3) is 11.0 Å². The van der Waals surface area contributed by atoms with Gasteiger partial charge in [0.15, 0.2) is 0 Å². The second-order valence-electron chi connectivity index (χ2n) is 4.16.